The van der Waals surface area contributed by atoms with E-state index in [2.05, 4.69) is 15.8 Å². The van der Waals surface area contributed by atoms with E-state index in [1.165, 1.54) is 6.20 Å². The van der Waals surface area contributed by atoms with E-state index >= 15 is 0 Å². The van der Waals surface area contributed by atoms with Gasteiger partial charge in [-0.1, -0.05) is 11.6 Å². The van der Waals surface area contributed by atoms with Gasteiger partial charge in [-0.3, -0.25) is 16.3 Å². The molecule has 8 heteroatoms. The minimum Gasteiger partial charge on any atom is -0.286 e. The van der Waals surface area contributed by atoms with Crippen molar-refractivity contribution >= 4 is 33.1 Å². The number of rotatable bonds is 4. The Bertz CT molecular complexity index is 471. The summed E-state index contributed by atoms with van der Waals surface area (Å²) in [6.07, 6.45) is 2.50. The molecule has 0 atom stereocenters. The average Bonchev–Trinajstić information content (AvgIpc) is 2.14. The van der Waals surface area contributed by atoms with Crippen LogP contribution in [-0.4, -0.2) is 31.2 Å². The van der Waals surface area contributed by atoms with Crippen molar-refractivity contribution in [2.45, 2.75) is 0 Å². The Morgan fingerprint density at radius 2 is 2.25 bits per heavy atom. The van der Waals surface area contributed by atoms with Crippen molar-refractivity contribution in [3.05, 3.63) is 23.4 Å². The van der Waals surface area contributed by atoms with Crippen molar-refractivity contribution in [2.24, 2.45) is 0 Å². The molecule has 0 aliphatic rings. The van der Waals surface area contributed by atoms with Gasteiger partial charge in [-0.2, -0.15) is 0 Å². The predicted molar refractivity (Wildman–Crippen MR) is 63.4 cm³/mol. The van der Waals surface area contributed by atoms with Crippen LogP contribution in [0.3, 0.4) is 0 Å². The molecule has 0 saturated carbocycles. The Hall–Kier alpha value is -1.34. The van der Waals surface area contributed by atoms with Gasteiger partial charge in [0, 0.05) is 12.5 Å². The Balaban J connectivity index is 2.46. The highest BCUT2D eigenvalue weighted by atomic mass is 35.5. The van der Waals surface area contributed by atoms with Gasteiger partial charge in [0.05, 0.1) is 5.02 Å². The van der Waals surface area contributed by atoms with Gasteiger partial charge >= 0.3 is 0 Å². The molecule has 0 spiro atoms. The molecule has 1 heterocycles. The summed E-state index contributed by atoms with van der Waals surface area (Å²) >= 11 is 5.63. The first-order valence-corrected chi connectivity index (χ1v) is 6.69. The summed E-state index contributed by atoms with van der Waals surface area (Å²) in [5, 5.41) is 7.83. The number of pyridine rings is 1. The fraction of sp³-hybridized carbons (Fsp3) is 0.250. The first-order chi connectivity index (χ1) is 7.37. The highest BCUT2D eigenvalue weighted by Gasteiger charge is 2.06. The standard InChI is InChI=1S/C8H11ClN4O2S/c1-16(14,15)5-7(10)12-13-8-3-2-6(9)4-11-8/h2-4H,5H2,1H3,(H2,10,12)(H,11,13). The van der Waals surface area contributed by atoms with Crippen molar-refractivity contribution < 1.29 is 8.42 Å². The van der Waals surface area contributed by atoms with Crippen molar-refractivity contribution in [3.63, 3.8) is 0 Å². The normalized spacial score (nSPS) is 10.9. The fourth-order valence-electron chi connectivity index (χ4n) is 0.888. The van der Waals surface area contributed by atoms with Crippen molar-refractivity contribution in [3.8, 4) is 0 Å². The number of aromatic nitrogens is 1. The lowest BCUT2D eigenvalue weighted by atomic mass is 10.5. The average molecular weight is 263 g/mol. The maximum absolute atomic E-state index is 10.9. The highest BCUT2D eigenvalue weighted by molar-refractivity contribution is 7.91. The quantitative estimate of drug-likeness (QED) is 0.421. The van der Waals surface area contributed by atoms with E-state index in [1.807, 2.05) is 0 Å². The summed E-state index contributed by atoms with van der Waals surface area (Å²) < 4.78 is 21.7. The van der Waals surface area contributed by atoms with Gasteiger partial charge in [0.15, 0.2) is 9.84 Å². The van der Waals surface area contributed by atoms with E-state index in [0.717, 1.165) is 6.26 Å². The lowest BCUT2D eigenvalue weighted by Gasteiger charge is -2.08. The maximum Gasteiger partial charge on any atom is 0.154 e. The van der Waals surface area contributed by atoms with Crippen LogP contribution in [0.4, 0.5) is 5.82 Å². The van der Waals surface area contributed by atoms with E-state index in [-0.39, 0.29) is 11.6 Å². The molecule has 0 aliphatic carbocycles. The molecular weight excluding hydrogens is 252 g/mol. The molecular formula is C8H11ClN4O2S. The van der Waals surface area contributed by atoms with Crippen LogP contribution in [0, 0.1) is 5.41 Å². The van der Waals surface area contributed by atoms with E-state index in [4.69, 9.17) is 17.0 Å². The number of hydrogen-bond acceptors (Lipinski definition) is 5. The summed E-state index contributed by atoms with van der Waals surface area (Å²) in [5.41, 5.74) is 5.01. The SMILES string of the molecule is CS(=O)(=O)CC(=N)NNc1ccc(Cl)cn1. The first-order valence-electron chi connectivity index (χ1n) is 4.25. The van der Waals surface area contributed by atoms with Gasteiger partial charge in [0.2, 0.25) is 0 Å². The van der Waals surface area contributed by atoms with Gasteiger partial charge in [0.1, 0.15) is 17.4 Å². The largest absolute Gasteiger partial charge is 0.286 e. The van der Waals surface area contributed by atoms with Gasteiger partial charge in [-0.25, -0.2) is 13.4 Å². The van der Waals surface area contributed by atoms with Crippen LogP contribution in [-0.2, 0) is 9.84 Å². The monoisotopic (exact) mass is 262 g/mol. The molecule has 0 fully saturated rings. The van der Waals surface area contributed by atoms with Gasteiger partial charge in [-0.15, -0.1) is 0 Å². The van der Waals surface area contributed by atoms with E-state index in [1.54, 1.807) is 12.1 Å². The molecule has 0 aliphatic heterocycles. The number of halogens is 1. The molecule has 0 amide bonds. The summed E-state index contributed by atoms with van der Waals surface area (Å²) in [6.45, 7) is 0. The smallest absolute Gasteiger partial charge is 0.154 e. The van der Waals surface area contributed by atoms with Crippen LogP contribution < -0.4 is 10.9 Å². The lowest BCUT2D eigenvalue weighted by molar-refractivity contribution is 0.605. The molecule has 1 aromatic heterocycles. The van der Waals surface area contributed by atoms with E-state index in [9.17, 15) is 8.42 Å². The number of hydrogen-bond donors (Lipinski definition) is 3. The molecule has 0 bridgehead atoms. The zero-order valence-corrected chi connectivity index (χ0v) is 10.1. The molecule has 6 nitrogen and oxygen atoms in total. The van der Waals surface area contributed by atoms with Crippen molar-refractivity contribution in [1.29, 1.82) is 5.41 Å². The number of nitrogens with zero attached hydrogens (tertiary/aromatic N) is 1. The van der Waals surface area contributed by atoms with Crippen LogP contribution in [0.1, 0.15) is 0 Å². The molecule has 3 N–H and O–H groups in total. The summed E-state index contributed by atoms with van der Waals surface area (Å²) in [7, 11) is -3.20. The first kappa shape index (κ1) is 12.7. The second kappa shape index (κ2) is 5.13. The Labute approximate surface area is 98.4 Å². The maximum atomic E-state index is 10.9. The van der Waals surface area contributed by atoms with E-state index < -0.39 is 9.84 Å². The molecule has 0 aromatic carbocycles. The third kappa shape index (κ3) is 4.94. The molecule has 88 valence electrons. The molecule has 0 saturated heterocycles. The topological polar surface area (TPSA) is 94.9 Å². The third-order valence-electron chi connectivity index (χ3n) is 1.48. The summed E-state index contributed by atoms with van der Waals surface area (Å²) in [6, 6.07) is 3.22. The molecule has 16 heavy (non-hydrogen) atoms. The van der Waals surface area contributed by atoms with Crippen LogP contribution in [0.2, 0.25) is 5.02 Å². The highest BCUT2D eigenvalue weighted by Crippen LogP contribution is 2.08. The van der Waals surface area contributed by atoms with Crippen molar-refractivity contribution in [1.82, 2.24) is 10.4 Å². The zero-order valence-electron chi connectivity index (χ0n) is 8.49. The number of hydrazine groups is 1. The fourth-order valence-corrected chi connectivity index (χ4v) is 1.60. The van der Waals surface area contributed by atoms with Crippen LogP contribution in [0.5, 0.6) is 0 Å². The second-order valence-corrected chi connectivity index (χ2v) is 5.74. The summed E-state index contributed by atoms with van der Waals surface area (Å²) in [5.74, 6) is -0.0602. The zero-order chi connectivity index (χ0) is 12.2. The Morgan fingerprint density at radius 1 is 1.56 bits per heavy atom. The third-order valence-corrected chi connectivity index (χ3v) is 2.51. The van der Waals surface area contributed by atoms with Crippen molar-refractivity contribution in [2.75, 3.05) is 17.4 Å². The minimum absolute atomic E-state index is 0.153. The lowest BCUT2D eigenvalue weighted by Crippen LogP contribution is -2.34. The Morgan fingerprint density at radius 3 is 2.75 bits per heavy atom. The molecule has 1 rings (SSSR count). The molecule has 0 unspecified atom stereocenters. The van der Waals surface area contributed by atoms with Crippen LogP contribution in [0.15, 0.2) is 18.3 Å². The number of nitrogens with one attached hydrogen (secondary N) is 3. The van der Waals surface area contributed by atoms with Gasteiger partial charge in [-0.05, 0) is 12.1 Å². The van der Waals surface area contributed by atoms with Crippen LogP contribution >= 0.6 is 11.6 Å². The Kier molecular flexibility index (Phi) is 4.08. The van der Waals surface area contributed by atoms with E-state index in [0.29, 0.717) is 10.8 Å². The molecule has 0 radical (unpaired) electrons. The van der Waals surface area contributed by atoms with Gasteiger partial charge < -0.3 is 0 Å². The van der Waals surface area contributed by atoms with Crippen LogP contribution in [0.25, 0.3) is 0 Å². The predicted octanol–water partition coefficient (Wildman–Crippen LogP) is 0.673. The minimum atomic E-state index is -3.20. The number of sulfone groups is 1. The second-order valence-electron chi connectivity index (χ2n) is 3.16. The molecule has 1 aromatic rings. The number of amidine groups is 1. The number of anilines is 1. The van der Waals surface area contributed by atoms with Gasteiger partial charge in [0.25, 0.3) is 0 Å². The summed E-state index contributed by atoms with van der Waals surface area (Å²) in [4.78, 5) is 3.90.